The first-order valence-electron chi connectivity index (χ1n) is 9.84. The highest BCUT2D eigenvalue weighted by Gasteiger charge is 2.31. The number of hydrogen-bond donors (Lipinski definition) is 1. The summed E-state index contributed by atoms with van der Waals surface area (Å²) >= 11 is 0. The van der Waals surface area contributed by atoms with E-state index < -0.39 is 5.41 Å². The van der Waals surface area contributed by atoms with Crippen LogP contribution in [-0.4, -0.2) is 84.1 Å². The van der Waals surface area contributed by atoms with E-state index in [1.54, 1.807) is 16.7 Å². The molecule has 2 rings (SSSR count). The molecular weight excluding hydrogens is 360 g/mol. The number of nitrogens with one attached hydrogen (secondary N) is 1. The number of rotatable bonds is 0. The van der Waals surface area contributed by atoms with E-state index in [1.807, 2.05) is 46.4 Å². The molecule has 2 fully saturated rings. The van der Waals surface area contributed by atoms with Crippen LogP contribution in [0.1, 0.15) is 48.5 Å². The molecule has 160 valence electrons. The molecule has 8 nitrogen and oxygen atoms in total. The zero-order valence-electron chi connectivity index (χ0n) is 18.4. The molecule has 0 unspecified atom stereocenters. The van der Waals surface area contributed by atoms with Gasteiger partial charge in [-0.25, -0.2) is 0 Å². The molecule has 0 bridgehead atoms. The second kappa shape index (κ2) is 9.39. The zero-order chi connectivity index (χ0) is 21.7. The molecule has 0 spiro atoms. The fourth-order valence-corrected chi connectivity index (χ4v) is 2.99. The number of piperazine rings is 2. The maximum atomic E-state index is 11.9. The topological polar surface area (TPSA) is 90.0 Å². The number of nitrogens with zero attached hydrogens (tertiary/aromatic N) is 3. The second-order valence-corrected chi connectivity index (χ2v) is 9.37. The molecule has 0 aromatic heterocycles. The van der Waals surface area contributed by atoms with Gasteiger partial charge in [0.1, 0.15) is 0 Å². The van der Waals surface area contributed by atoms with Crippen molar-refractivity contribution < 1.29 is 19.2 Å². The summed E-state index contributed by atoms with van der Waals surface area (Å²) in [6.07, 6.45) is 0. The predicted octanol–water partition coefficient (Wildman–Crippen LogP) is 0.714. The van der Waals surface area contributed by atoms with Crippen LogP contribution in [-0.2, 0) is 19.2 Å². The molecular formula is C20H36N4O4. The predicted molar refractivity (Wildman–Crippen MR) is 107 cm³/mol. The van der Waals surface area contributed by atoms with Crippen LogP contribution in [0.3, 0.4) is 0 Å². The van der Waals surface area contributed by atoms with Crippen molar-refractivity contribution in [3.8, 4) is 0 Å². The first-order valence-corrected chi connectivity index (χ1v) is 9.84. The third kappa shape index (κ3) is 7.13. The van der Waals surface area contributed by atoms with Crippen LogP contribution in [0, 0.1) is 10.8 Å². The highest BCUT2D eigenvalue weighted by molar-refractivity contribution is 5.88. The fourth-order valence-electron chi connectivity index (χ4n) is 2.99. The van der Waals surface area contributed by atoms with E-state index in [4.69, 9.17) is 0 Å². The van der Waals surface area contributed by atoms with Gasteiger partial charge in [0.05, 0.1) is 6.54 Å². The van der Waals surface area contributed by atoms with Crippen LogP contribution < -0.4 is 5.32 Å². The lowest BCUT2D eigenvalue weighted by Crippen LogP contribution is -2.52. The van der Waals surface area contributed by atoms with Crippen molar-refractivity contribution in [3.05, 3.63) is 0 Å². The summed E-state index contributed by atoms with van der Waals surface area (Å²) in [5.74, 6) is 0.245. The van der Waals surface area contributed by atoms with Crippen molar-refractivity contribution >= 4 is 23.6 Å². The van der Waals surface area contributed by atoms with Crippen LogP contribution in [0.4, 0.5) is 0 Å². The quantitative estimate of drug-likeness (QED) is 0.653. The molecule has 0 saturated carbocycles. The fraction of sp³-hybridized carbons (Fsp3) is 0.800. The first kappa shape index (κ1) is 23.9. The van der Waals surface area contributed by atoms with Crippen LogP contribution >= 0.6 is 0 Å². The molecule has 2 saturated heterocycles. The van der Waals surface area contributed by atoms with Gasteiger partial charge >= 0.3 is 0 Å². The van der Waals surface area contributed by atoms with E-state index >= 15 is 0 Å². The molecule has 0 aliphatic carbocycles. The molecule has 0 radical (unpaired) electrons. The molecule has 2 aliphatic rings. The summed E-state index contributed by atoms with van der Waals surface area (Å²) in [4.78, 5) is 51.0. The lowest BCUT2D eigenvalue weighted by molar-refractivity contribution is -0.144. The van der Waals surface area contributed by atoms with Gasteiger partial charge in [0.2, 0.25) is 23.6 Å². The second-order valence-electron chi connectivity index (χ2n) is 9.37. The Morgan fingerprint density at radius 3 is 1.57 bits per heavy atom. The Hall–Kier alpha value is -2.12. The summed E-state index contributed by atoms with van der Waals surface area (Å²) in [7, 11) is 0. The normalized spacial score (nSPS) is 18.1. The van der Waals surface area contributed by atoms with Gasteiger partial charge in [-0.05, 0) is 0 Å². The van der Waals surface area contributed by atoms with E-state index in [0.29, 0.717) is 39.3 Å². The van der Waals surface area contributed by atoms with Crippen molar-refractivity contribution in [2.24, 2.45) is 10.8 Å². The number of amides is 4. The Kier molecular flexibility index (Phi) is 8.02. The van der Waals surface area contributed by atoms with Crippen LogP contribution in [0.2, 0.25) is 0 Å². The van der Waals surface area contributed by atoms with Gasteiger partial charge in [-0.15, -0.1) is 0 Å². The van der Waals surface area contributed by atoms with Gasteiger partial charge < -0.3 is 20.0 Å². The average Bonchev–Trinajstić information content (AvgIpc) is 2.59. The van der Waals surface area contributed by atoms with Crippen LogP contribution in [0.15, 0.2) is 0 Å². The minimum Gasteiger partial charge on any atom is -0.353 e. The summed E-state index contributed by atoms with van der Waals surface area (Å²) in [6, 6.07) is 0. The van der Waals surface area contributed by atoms with Gasteiger partial charge in [0.15, 0.2) is 0 Å². The number of carbonyl (C=O) groups is 4. The molecule has 0 atom stereocenters. The monoisotopic (exact) mass is 396 g/mol. The van der Waals surface area contributed by atoms with Crippen molar-refractivity contribution in [2.45, 2.75) is 48.5 Å². The molecule has 1 N–H and O–H groups in total. The molecule has 2 heterocycles. The van der Waals surface area contributed by atoms with Crippen LogP contribution in [0.5, 0.6) is 0 Å². The molecule has 2 aliphatic heterocycles. The Balaban J connectivity index is 0.000000283. The van der Waals surface area contributed by atoms with Gasteiger partial charge in [0.25, 0.3) is 0 Å². The third-order valence-electron chi connectivity index (χ3n) is 4.62. The number of carbonyl (C=O) groups excluding carboxylic acids is 4. The van der Waals surface area contributed by atoms with E-state index in [-0.39, 0.29) is 35.6 Å². The average molecular weight is 397 g/mol. The zero-order valence-corrected chi connectivity index (χ0v) is 18.4. The van der Waals surface area contributed by atoms with Crippen LogP contribution in [0.25, 0.3) is 0 Å². The summed E-state index contributed by atoms with van der Waals surface area (Å²) in [5, 5.41) is 2.69. The molecule has 0 aromatic rings. The smallest absolute Gasteiger partial charge is 0.239 e. The molecule has 8 heteroatoms. The third-order valence-corrected chi connectivity index (χ3v) is 4.62. The minimum absolute atomic E-state index is 0.0438. The maximum Gasteiger partial charge on any atom is 0.239 e. The standard InChI is InChI=1S/C11H20N2O2.C9H16N2O2/c1-9(14)12-5-7-13(8-6-12)10(15)11(2,3)4;1-9(2,3)8(13)11-5-4-10-7(12)6-11/h5-8H2,1-4H3;4-6H2,1-3H3,(H,10,12). The van der Waals surface area contributed by atoms with E-state index in [9.17, 15) is 19.2 Å². The Bertz CT molecular complexity index is 596. The Labute approximate surface area is 168 Å². The SMILES string of the molecule is CC(=O)N1CCN(C(=O)C(C)(C)C)CC1.CC(C)(C)C(=O)N1CCNC(=O)C1. The first-order chi connectivity index (χ1) is 12.7. The summed E-state index contributed by atoms with van der Waals surface area (Å²) < 4.78 is 0. The maximum absolute atomic E-state index is 11.9. The summed E-state index contributed by atoms with van der Waals surface area (Å²) in [6.45, 7) is 17.0. The van der Waals surface area contributed by atoms with Crippen molar-refractivity contribution in [2.75, 3.05) is 45.8 Å². The van der Waals surface area contributed by atoms with Gasteiger partial charge in [0, 0.05) is 57.0 Å². The molecule has 4 amide bonds. The van der Waals surface area contributed by atoms with E-state index in [1.165, 1.54) is 0 Å². The largest absolute Gasteiger partial charge is 0.353 e. The highest BCUT2D eigenvalue weighted by Crippen LogP contribution is 2.19. The van der Waals surface area contributed by atoms with Crippen molar-refractivity contribution in [1.82, 2.24) is 20.0 Å². The highest BCUT2D eigenvalue weighted by atomic mass is 16.2. The lowest BCUT2D eigenvalue weighted by atomic mass is 9.94. The van der Waals surface area contributed by atoms with Crippen molar-refractivity contribution in [1.29, 1.82) is 0 Å². The number of hydrogen-bond acceptors (Lipinski definition) is 4. The Morgan fingerprint density at radius 2 is 1.18 bits per heavy atom. The van der Waals surface area contributed by atoms with Gasteiger partial charge in [-0.3, -0.25) is 19.2 Å². The summed E-state index contributed by atoms with van der Waals surface area (Å²) in [5.41, 5.74) is -0.712. The Morgan fingerprint density at radius 1 is 0.750 bits per heavy atom. The molecule has 0 aromatic carbocycles. The molecule has 28 heavy (non-hydrogen) atoms. The van der Waals surface area contributed by atoms with Gasteiger partial charge in [-0.1, -0.05) is 41.5 Å². The van der Waals surface area contributed by atoms with E-state index in [0.717, 1.165) is 0 Å². The van der Waals surface area contributed by atoms with E-state index in [2.05, 4.69) is 5.32 Å². The van der Waals surface area contributed by atoms with Gasteiger partial charge in [-0.2, -0.15) is 0 Å². The van der Waals surface area contributed by atoms with Crippen molar-refractivity contribution in [3.63, 3.8) is 0 Å². The minimum atomic E-state index is -0.391. The lowest BCUT2D eigenvalue weighted by Gasteiger charge is -2.37.